The summed E-state index contributed by atoms with van der Waals surface area (Å²) in [6.45, 7) is 1.93. The molecule has 7 heteroatoms. The first-order chi connectivity index (χ1) is 14.1. The fraction of sp³-hybridized carbons (Fsp3) is 0.0909. The molecule has 2 N–H and O–H groups in total. The number of carbonyl (C=O) groups excluding carboxylic acids is 2. The first-order valence-electron chi connectivity index (χ1n) is 9.05. The maximum absolute atomic E-state index is 12.5. The van der Waals surface area contributed by atoms with Crippen molar-refractivity contribution in [2.75, 3.05) is 10.6 Å². The maximum Gasteiger partial charge on any atom is 0.257 e. The Labute approximate surface area is 171 Å². The lowest BCUT2D eigenvalue weighted by Crippen LogP contribution is -2.15. The van der Waals surface area contributed by atoms with E-state index in [2.05, 4.69) is 20.6 Å². The standard InChI is InChI=1S/C22H18N4O2S/c1-14-10-11-17-18(23-14)8-5-9-19(17)25-20(27)12-16-13-29-22(24-16)26-21(28)15-6-3-2-4-7-15/h2-11,13H,12H2,1H3,(H,25,27)(H,24,26,28). The molecular formula is C22H18N4O2S. The predicted molar refractivity (Wildman–Crippen MR) is 115 cm³/mol. The number of pyridine rings is 1. The van der Waals surface area contributed by atoms with E-state index in [-0.39, 0.29) is 18.2 Å². The number of benzene rings is 2. The minimum Gasteiger partial charge on any atom is -0.325 e. The van der Waals surface area contributed by atoms with Crippen molar-refractivity contribution in [3.05, 3.63) is 83.0 Å². The molecule has 0 unspecified atom stereocenters. The van der Waals surface area contributed by atoms with Gasteiger partial charge in [-0.15, -0.1) is 11.3 Å². The number of anilines is 2. The van der Waals surface area contributed by atoms with Crippen LogP contribution < -0.4 is 10.6 Å². The van der Waals surface area contributed by atoms with E-state index < -0.39 is 0 Å². The molecule has 0 fully saturated rings. The van der Waals surface area contributed by atoms with E-state index in [4.69, 9.17) is 0 Å². The molecule has 0 saturated heterocycles. The number of carbonyl (C=O) groups is 2. The minimum absolute atomic E-state index is 0.118. The Balaban J connectivity index is 1.42. The topological polar surface area (TPSA) is 84.0 Å². The number of thiazole rings is 1. The van der Waals surface area contributed by atoms with E-state index >= 15 is 0 Å². The quantitative estimate of drug-likeness (QED) is 0.517. The van der Waals surface area contributed by atoms with Crippen LogP contribution >= 0.6 is 11.3 Å². The van der Waals surface area contributed by atoms with Crippen molar-refractivity contribution in [2.45, 2.75) is 13.3 Å². The third-order valence-electron chi connectivity index (χ3n) is 4.30. The highest BCUT2D eigenvalue weighted by Gasteiger charge is 2.12. The van der Waals surface area contributed by atoms with E-state index in [0.29, 0.717) is 22.1 Å². The molecule has 2 aromatic carbocycles. The lowest BCUT2D eigenvalue weighted by molar-refractivity contribution is -0.115. The number of nitrogens with zero attached hydrogens (tertiary/aromatic N) is 2. The van der Waals surface area contributed by atoms with E-state index in [1.165, 1.54) is 11.3 Å². The van der Waals surface area contributed by atoms with Gasteiger partial charge in [0.25, 0.3) is 5.91 Å². The molecule has 0 radical (unpaired) electrons. The average Bonchev–Trinajstić information content (AvgIpc) is 3.15. The maximum atomic E-state index is 12.5. The van der Waals surface area contributed by atoms with Crippen LogP contribution in [0.5, 0.6) is 0 Å². The fourth-order valence-electron chi connectivity index (χ4n) is 2.93. The van der Waals surface area contributed by atoms with Gasteiger partial charge in [-0.3, -0.25) is 19.9 Å². The number of nitrogens with one attached hydrogen (secondary N) is 2. The first kappa shape index (κ1) is 18.8. The Hall–Kier alpha value is -3.58. The number of amides is 2. The van der Waals surface area contributed by atoms with E-state index in [0.717, 1.165) is 16.6 Å². The highest BCUT2D eigenvalue weighted by atomic mass is 32.1. The number of rotatable bonds is 5. The van der Waals surface area contributed by atoms with Crippen LogP contribution in [0.25, 0.3) is 10.9 Å². The van der Waals surface area contributed by atoms with Gasteiger partial charge in [0, 0.05) is 22.0 Å². The van der Waals surface area contributed by atoms with Crippen molar-refractivity contribution in [1.82, 2.24) is 9.97 Å². The third-order valence-corrected chi connectivity index (χ3v) is 5.10. The summed E-state index contributed by atoms with van der Waals surface area (Å²) in [7, 11) is 0. The molecular weight excluding hydrogens is 384 g/mol. The zero-order chi connectivity index (χ0) is 20.2. The summed E-state index contributed by atoms with van der Waals surface area (Å²) < 4.78 is 0. The van der Waals surface area contributed by atoms with Crippen molar-refractivity contribution in [2.24, 2.45) is 0 Å². The van der Waals surface area contributed by atoms with Crippen LogP contribution in [0.15, 0.2) is 66.0 Å². The summed E-state index contributed by atoms with van der Waals surface area (Å²) >= 11 is 1.29. The molecule has 4 rings (SSSR count). The zero-order valence-corrected chi connectivity index (χ0v) is 16.5. The molecule has 6 nitrogen and oxygen atoms in total. The average molecular weight is 402 g/mol. The van der Waals surface area contributed by atoms with Crippen molar-refractivity contribution in [3.8, 4) is 0 Å². The molecule has 144 valence electrons. The van der Waals surface area contributed by atoms with Crippen molar-refractivity contribution >= 4 is 44.9 Å². The van der Waals surface area contributed by atoms with Crippen LogP contribution in [-0.2, 0) is 11.2 Å². The monoisotopic (exact) mass is 402 g/mol. The lowest BCUT2D eigenvalue weighted by atomic mass is 10.1. The largest absolute Gasteiger partial charge is 0.325 e. The molecule has 2 aromatic heterocycles. The Morgan fingerprint density at radius 2 is 1.76 bits per heavy atom. The van der Waals surface area contributed by atoms with Crippen LogP contribution in [0.3, 0.4) is 0 Å². The second kappa shape index (κ2) is 8.20. The molecule has 2 heterocycles. The Kier molecular flexibility index (Phi) is 5.31. The van der Waals surface area contributed by atoms with Gasteiger partial charge >= 0.3 is 0 Å². The lowest BCUT2D eigenvalue weighted by Gasteiger charge is -2.08. The summed E-state index contributed by atoms with van der Waals surface area (Å²) in [4.78, 5) is 33.5. The number of hydrogen-bond donors (Lipinski definition) is 2. The molecule has 0 aliphatic heterocycles. The van der Waals surface area contributed by atoms with Crippen molar-refractivity contribution in [3.63, 3.8) is 0 Å². The van der Waals surface area contributed by atoms with Crippen molar-refractivity contribution in [1.29, 1.82) is 0 Å². The number of aryl methyl sites for hydroxylation is 1. The minimum atomic E-state index is -0.227. The fourth-order valence-corrected chi connectivity index (χ4v) is 3.63. The normalized spacial score (nSPS) is 10.7. The molecule has 0 saturated carbocycles. The second-order valence-electron chi connectivity index (χ2n) is 6.51. The van der Waals surface area contributed by atoms with Gasteiger partial charge in [0.05, 0.1) is 23.3 Å². The number of fused-ring (bicyclic) bond motifs is 1. The van der Waals surface area contributed by atoms with Gasteiger partial charge in [-0.05, 0) is 43.3 Å². The van der Waals surface area contributed by atoms with Gasteiger partial charge in [-0.2, -0.15) is 0 Å². The van der Waals surface area contributed by atoms with E-state index in [9.17, 15) is 9.59 Å². The van der Waals surface area contributed by atoms with Crippen LogP contribution in [0.4, 0.5) is 10.8 Å². The van der Waals surface area contributed by atoms with Gasteiger partial charge in [0.1, 0.15) is 0 Å². The SMILES string of the molecule is Cc1ccc2c(NC(=O)Cc3csc(NC(=O)c4ccccc4)n3)cccc2n1. The first-order valence-corrected chi connectivity index (χ1v) is 9.93. The number of hydrogen-bond acceptors (Lipinski definition) is 5. The highest BCUT2D eigenvalue weighted by Crippen LogP contribution is 2.23. The van der Waals surface area contributed by atoms with Crippen LogP contribution in [-0.4, -0.2) is 21.8 Å². The smallest absolute Gasteiger partial charge is 0.257 e. The van der Waals surface area contributed by atoms with Gasteiger partial charge in [0.2, 0.25) is 5.91 Å². The summed E-state index contributed by atoms with van der Waals surface area (Å²) in [6, 6.07) is 18.4. The second-order valence-corrected chi connectivity index (χ2v) is 7.37. The van der Waals surface area contributed by atoms with Crippen LogP contribution in [0.1, 0.15) is 21.7 Å². The molecule has 0 atom stereocenters. The van der Waals surface area contributed by atoms with Crippen LogP contribution in [0, 0.1) is 6.92 Å². The highest BCUT2D eigenvalue weighted by molar-refractivity contribution is 7.14. The van der Waals surface area contributed by atoms with Gasteiger partial charge in [-0.1, -0.05) is 24.3 Å². The Morgan fingerprint density at radius 3 is 2.59 bits per heavy atom. The van der Waals surface area contributed by atoms with Gasteiger partial charge in [-0.25, -0.2) is 4.98 Å². The van der Waals surface area contributed by atoms with Crippen molar-refractivity contribution < 1.29 is 9.59 Å². The van der Waals surface area contributed by atoms with Gasteiger partial charge < -0.3 is 5.32 Å². The zero-order valence-electron chi connectivity index (χ0n) is 15.7. The Bertz CT molecular complexity index is 1190. The summed E-state index contributed by atoms with van der Waals surface area (Å²) in [5, 5.41) is 8.81. The predicted octanol–water partition coefficient (Wildman–Crippen LogP) is 4.43. The van der Waals surface area contributed by atoms with Crippen LogP contribution in [0.2, 0.25) is 0 Å². The summed E-state index contributed by atoms with van der Waals surface area (Å²) in [5.74, 6) is -0.404. The molecule has 0 spiro atoms. The van der Waals surface area contributed by atoms with E-state index in [1.54, 1.807) is 29.6 Å². The molecule has 29 heavy (non-hydrogen) atoms. The Morgan fingerprint density at radius 1 is 0.931 bits per heavy atom. The third kappa shape index (κ3) is 4.47. The van der Waals surface area contributed by atoms with Gasteiger partial charge in [0.15, 0.2) is 5.13 Å². The molecule has 4 aromatic rings. The number of aromatic nitrogens is 2. The summed E-state index contributed by atoms with van der Waals surface area (Å²) in [5.41, 5.74) is 3.63. The molecule has 0 aliphatic rings. The summed E-state index contributed by atoms with van der Waals surface area (Å²) in [6.07, 6.45) is 0.118. The molecule has 2 amide bonds. The molecule has 0 bridgehead atoms. The van der Waals surface area contributed by atoms with E-state index in [1.807, 2.05) is 43.3 Å². The molecule has 0 aliphatic carbocycles.